The van der Waals surface area contributed by atoms with Crippen molar-refractivity contribution in [2.24, 2.45) is 5.73 Å². The summed E-state index contributed by atoms with van der Waals surface area (Å²) in [5, 5.41) is 4.01. The Bertz CT molecular complexity index is 357. The van der Waals surface area contributed by atoms with E-state index < -0.39 is 6.03 Å². The molecular weight excluding hydrogens is 192 g/mol. The summed E-state index contributed by atoms with van der Waals surface area (Å²) in [6, 6.07) is -0.627. The SMILES string of the molecule is CCCCCc1c(C)nn(C(N)=O)c1N. The molecule has 0 aromatic carbocycles. The van der Waals surface area contributed by atoms with Crippen LogP contribution in [0.2, 0.25) is 0 Å². The number of nitrogen functional groups attached to an aromatic ring is 1. The van der Waals surface area contributed by atoms with E-state index in [-0.39, 0.29) is 0 Å². The molecule has 0 atom stereocenters. The van der Waals surface area contributed by atoms with Crippen LogP contribution in [0.5, 0.6) is 0 Å². The van der Waals surface area contributed by atoms with E-state index in [1.165, 1.54) is 0 Å². The Kier molecular flexibility index (Phi) is 3.71. The lowest BCUT2D eigenvalue weighted by molar-refractivity contribution is 0.248. The van der Waals surface area contributed by atoms with Gasteiger partial charge in [-0.25, -0.2) is 4.79 Å². The second-order valence-corrected chi connectivity index (χ2v) is 3.66. The Morgan fingerprint density at radius 3 is 2.60 bits per heavy atom. The Labute approximate surface area is 89.4 Å². The highest BCUT2D eigenvalue weighted by Crippen LogP contribution is 2.18. The maximum Gasteiger partial charge on any atom is 0.341 e. The molecule has 0 saturated heterocycles. The number of nitrogens with two attached hydrogens (primary N) is 2. The molecule has 1 heterocycles. The fraction of sp³-hybridized carbons (Fsp3) is 0.600. The first-order valence-corrected chi connectivity index (χ1v) is 5.21. The first-order valence-electron chi connectivity index (χ1n) is 5.21. The third-order valence-electron chi connectivity index (χ3n) is 2.46. The van der Waals surface area contributed by atoms with Crippen molar-refractivity contribution < 1.29 is 4.79 Å². The van der Waals surface area contributed by atoms with Crippen LogP contribution in [0.25, 0.3) is 0 Å². The summed E-state index contributed by atoms with van der Waals surface area (Å²) in [6.45, 7) is 3.99. The number of rotatable bonds is 4. The highest BCUT2D eigenvalue weighted by atomic mass is 16.2. The van der Waals surface area contributed by atoms with Crippen LogP contribution in [0.4, 0.5) is 10.6 Å². The molecule has 0 unspecified atom stereocenters. The monoisotopic (exact) mass is 210 g/mol. The first-order chi connectivity index (χ1) is 7.07. The number of aromatic nitrogens is 2. The van der Waals surface area contributed by atoms with Crippen molar-refractivity contribution in [1.29, 1.82) is 0 Å². The van der Waals surface area contributed by atoms with Gasteiger partial charge >= 0.3 is 6.03 Å². The first kappa shape index (κ1) is 11.6. The van der Waals surface area contributed by atoms with E-state index >= 15 is 0 Å². The van der Waals surface area contributed by atoms with Crippen LogP contribution < -0.4 is 11.5 Å². The highest BCUT2D eigenvalue weighted by Gasteiger charge is 2.14. The van der Waals surface area contributed by atoms with Gasteiger partial charge in [-0.15, -0.1) is 0 Å². The van der Waals surface area contributed by atoms with Crippen LogP contribution in [0.3, 0.4) is 0 Å². The second kappa shape index (κ2) is 4.82. The Hall–Kier alpha value is -1.52. The fourth-order valence-electron chi connectivity index (χ4n) is 1.61. The van der Waals surface area contributed by atoms with Gasteiger partial charge in [0.25, 0.3) is 0 Å². The van der Waals surface area contributed by atoms with E-state index in [0.717, 1.165) is 41.6 Å². The number of hydrogen-bond acceptors (Lipinski definition) is 3. The van der Waals surface area contributed by atoms with Gasteiger partial charge in [0.1, 0.15) is 5.82 Å². The molecule has 1 amide bonds. The summed E-state index contributed by atoms with van der Waals surface area (Å²) in [5.74, 6) is 0.385. The number of carbonyl (C=O) groups excluding carboxylic acids is 1. The van der Waals surface area contributed by atoms with Crippen molar-refractivity contribution in [3.63, 3.8) is 0 Å². The summed E-state index contributed by atoms with van der Waals surface area (Å²) in [6.07, 6.45) is 4.23. The van der Waals surface area contributed by atoms with Gasteiger partial charge in [0.05, 0.1) is 5.69 Å². The molecule has 0 spiro atoms. The zero-order chi connectivity index (χ0) is 11.4. The zero-order valence-electron chi connectivity index (χ0n) is 9.29. The van der Waals surface area contributed by atoms with E-state index in [0.29, 0.717) is 5.82 Å². The summed E-state index contributed by atoms with van der Waals surface area (Å²) < 4.78 is 1.07. The molecule has 1 aromatic heterocycles. The van der Waals surface area contributed by atoms with E-state index in [9.17, 15) is 4.79 Å². The van der Waals surface area contributed by atoms with Crippen molar-refractivity contribution in [1.82, 2.24) is 9.78 Å². The normalized spacial score (nSPS) is 10.5. The maximum absolute atomic E-state index is 11.0. The van der Waals surface area contributed by atoms with Crippen molar-refractivity contribution >= 4 is 11.8 Å². The smallest absolute Gasteiger partial charge is 0.341 e. The standard InChI is InChI=1S/C10H18N4O/c1-3-4-5-6-8-7(2)13-14(9(8)11)10(12)15/h3-6,11H2,1-2H3,(H2,12,15). The molecule has 4 N–H and O–H groups in total. The second-order valence-electron chi connectivity index (χ2n) is 3.66. The van der Waals surface area contributed by atoms with E-state index in [1.54, 1.807) is 0 Å². The number of amides is 1. The number of carbonyl (C=O) groups is 1. The third kappa shape index (κ3) is 2.49. The van der Waals surface area contributed by atoms with Gasteiger partial charge in [-0.05, 0) is 19.8 Å². The van der Waals surface area contributed by atoms with Crippen molar-refractivity contribution in [3.05, 3.63) is 11.3 Å². The topological polar surface area (TPSA) is 86.9 Å². The molecule has 0 fully saturated rings. The Morgan fingerprint density at radius 1 is 1.47 bits per heavy atom. The van der Waals surface area contributed by atoms with Crippen molar-refractivity contribution in [3.8, 4) is 0 Å². The molecule has 0 aliphatic rings. The minimum atomic E-state index is -0.627. The van der Waals surface area contributed by atoms with Gasteiger partial charge in [-0.3, -0.25) is 0 Å². The van der Waals surface area contributed by atoms with Crippen LogP contribution in [-0.2, 0) is 6.42 Å². The van der Waals surface area contributed by atoms with Gasteiger partial charge < -0.3 is 11.5 Å². The number of anilines is 1. The molecule has 1 rings (SSSR count). The molecule has 1 aromatic rings. The van der Waals surface area contributed by atoms with Gasteiger partial charge in [-0.1, -0.05) is 19.8 Å². The molecule has 0 saturated carbocycles. The molecule has 0 aliphatic carbocycles. The molecule has 5 heteroatoms. The lowest BCUT2D eigenvalue weighted by Crippen LogP contribution is -2.22. The van der Waals surface area contributed by atoms with E-state index in [1.807, 2.05) is 6.92 Å². The average Bonchev–Trinajstić information content (AvgIpc) is 2.45. The fourth-order valence-corrected chi connectivity index (χ4v) is 1.61. The number of hydrogen-bond donors (Lipinski definition) is 2. The summed E-state index contributed by atoms with van der Waals surface area (Å²) in [5.41, 5.74) is 12.7. The molecule has 0 radical (unpaired) electrons. The zero-order valence-corrected chi connectivity index (χ0v) is 9.29. The van der Waals surface area contributed by atoms with Crippen LogP contribution >= 0.6 is 0 Å². The van der Waals surface area contributed by atoms with Crippen LogP contribution in [-0.4, -0.2) is 15.8 Å². The number of nitrogens with zero attached hydrogens (tertiary/aromatic N) is 2. The van der Waals surface area contributed by atoms with Gasteiger partial charge in [0.15, 0.2) is 0 Å². The summed E-state index contributed by atoms with van der Waals surface area (Å²) in [7, 11) is 0. The summed E-state index contributed by atoms with van der Waals surface area (Å²) in [4.78, 5) is 11.0. The molecule has 84 valence electrons. The van der Waals surface area contributed by atoms with E-state index in [2.05, 4.69) is 12.0 Å². The lowest BCUT2D eigenvalue weighted by atomic mass is 10.1. The van der Waals surface area contributed by atoms with Crippen LogP contribution in [0.1, 0.15) is 37.4 Å². The van der Waals surface area contributed by atoms with Gasteiger partial charge in [-0.2, -0.15) is 9.78 Å². The molecular formula is C10H18N4O. The number of primary amides is 1. The predicted octanol–water partition coefficient (Wildman–Crippen LogP) is 1.43. The molecule has 15 heavy (non-hydrogen) atoms. The Balaban J connectivity index is 2.83. The molecule has 0 aliphatic heterocycles. The third-order valence-corrected chi connectivity index (χ3v) is 2.46. The van der Waals surface area contributed by atoms with Gasteiger partial charge in [0, 0.05) is 5.56 Å². The Morgan fingerprint density at radius 2 is 2.13 bits per heavy atom. The average molecular weight is 210 g/mol. The van der Waals surface area contributed by atoms with E-state index in [4.69, 9.17) is 11.5 Å². The minimum Gasteiger partial charge on any atom is -0.383 e. The number of aryl methyl sites for hydroxylation is 1. The highest BCUT2D eigenvalue weighted by molar-refractivity contribution is 5.78. The van der Waals surface area contributed by atoms with Crippen LogP contribution in [0.15, 0.2) is 0 Å². The molecule has 5 nitrogen and oxygen atoms in total. The van der Waals surface area contributed by atoms with Gasteiger partial charge in [0.2, 0.25) is 0 Å². The largest absolute Gasteiger partial charge is 0.383 e. The lowest BCUT2D eigenvalue weighted by Gasteiger charge is -2.01. The molecule has 0 bridgehead atoms. The summed E-state index contributed by atoms with van der Waals surface area (Å²) >= 11 is 0. The quantitative estimate of drug-likeness (QED) is 0.737. The van der Waals surface area contributed by atoms with Crippen molar-refractivity contribution in [2.45, 2.75) is 39.5 Å². The number of unbranched alkanes of at least 4 members (excludes halogenated alkanes) is 2. The van der Waals surface area contributed by atoms with Crippen LogP contribution in [0, 0.1) is 6.92 Å². The maximum atomic E-state index is 11.0. The van der Waals surface area contributed by atoms with Crippen molar-refractivity contribution in [2.75, 3.05) is 5.73 Å². The predicted molar refractivity (Wildman–Crippen MR) is 59.6 cm³/mol. The minimum absolute atomic E-state index is 0.385.